The lowest BCUT2D eigenvalue weighted by Gasteiger charge is -2.24. The van der Waals surface area contributed by atoms with Crippen LogP contribution in [-0.4, -0.2) is 85.3 Å². The van der Waals surface area contributed by atoms with Crippen molar-refractivity contribution in [2.45, 2.75) is 46.2 Å². The van der Waals surface area contributed by atoms with Gasteiger partial charge in [-0.25, -0.2) is 4.99 Å². The fraction of sp³-hybridized carbons (Fsp3) is 0.517. The summed E-state index contributed by atoms with van der Waals surface area (Å²) in [5.41, 5.74) is 0.133. The van der Waals surface area contributed by atoms with E-state index in [1.54, 1.807) is 12.3 Å². The smallest absolute Gasteiger partial charge is 0.416 e. The molecule has 1 aromatic carbocycles. The van der Waals surface area contributed by atoms with E-state index in [4.69, 9.17) is 0 Å². The van der Waals surface area contributed by atoms with Gasteiger partial charge < -0.3 is 25.1 Å². The van der Waals surface area contributed by atoms with Crippen LogP contribution in [0.1, 0.15) is 49.8 Å². The number of aliphatic imine (C=N–C) groups is 1. The van der Waals surface area contributed by atoms with E-state index in [0.717, 1.165) is 57.6 Å². The summed E-state index contributed by atoms with van der Waals surface area (Å²) in [6.45, 7) is 19.3. The quantitative estimate of drug-likeness (QED) is 0.358. The minimum Gasteiger partial charge on any atom is -0.507 e. The van der Waals surface area contributed by atoms with Crippen LogP contribution in [0.5, 0.6) is 5.75 Å². The Labute approximate surface area is 232 Å². The Kier molecular flexibility index (Phi) is 16.8. The van der Waals surface area contributed by atoms with Crippen LogP contribution in [0.15, 0.2) is 55.0 Å². The lowest BCUT2D eigenvalue weighted by Crippen LogP contribution is -2.41. The predicted octanol–water partition coefficient (Wildman–Crippen LogP) is 5.42. The zero-order valence-electron chi connectivity index (χ0n) is 24.4. The fourth-order valence-electron chi connectivity index (χ4n) is 3.66. The third-order valence-electron chi connectivity index (χ3n) is 5.57. The number of carbonyl (C=O) groups is 1. The Morgan fingerprint density at radius 1 is 1.15 bits per heavy atom. The van der Waals surface area contributed by atoms with Crippen LogP contribution in [-0.2, 0) is 11.0 Å². The van der Waals surface area contributed by atoms with Gasteiger partial charge >= 0.3 is 6.18 Å². The molecule has 0 fully saturated rings. The molecule has 10 heteroatoms. The molecule has 2 rings (SSSR count). The van der Waals surface area contributed by atoms with Crippen molar-refractivity contribution in [3.63, 3.8) is 0 Å². The molecule has 0 spiro atoms. The number of likely N-dealkylation sites (N-methyl/N-ethyl adjacent to an activating group) is 2. The number of rotatable bonds is 11. The van der Waals surface area contributed by atoms with Crippen molar-refractivity contribution in [3.8, 4) is 5.75 Å². The van der Waals surface area contributed by atoms with E-state index < -0.39 is 17.5 Å². The number of benzene rings is 1. The average Bonchev–Trinajstić information content (AvgIpc) is 2.86. The highest BCUT2D eigenvalue weighted by atomic mass is 19.4. The Bertz CT molecular complexity index is 943. The Hall–Kier alpha value is -3.11. The number of aryl methyl sites for hydroxylation is 1. The lowest BCUT2D eigenvalue weighted by molar-refractivity contribution is -0.137. The fourth-order valence-corrected chi connectivity index (χ4v) is 3.66. The summed E-state index contributed by atoms with van der Waals surface area (Å²) in [6, 6.07) is 1.73. The van der Waals surface area contributed by atoms with Gasteiger partial charge in [-0.3, -0.25) is 4.79 Å². The second-order valence-electron chi connectivity index (χ2n) is 9.18. The van der Waals surface area contributed by atoms with Crippen LogP contribution in [0.3, 0.4) is 0 Å². The Morgan fingerprint density at radius 3 is 2.26 bits per heavy atom. The van der Waals surface area contributed by atoms with Gasteiger partial charge in [-0.1, -0.05) is 26.8 Å². The average molecular weight is 554 g/mol. The van der Waals surface area contributed by atoms with Crippen molar-refractivity contribution >= 4 is 11.6 Å². The molecule has 0 atom stereocenters. The zero-order chi connectivity index (χ0) is 30.2. The number of aromatic hydroxyl groups is 1. The minimum atomic E-state index is -4.49. The van der Waals surface area contributed by atoms with Crippen LogP contribution in [0, 0.1) is 6.92 Å². The Morgan fingerprint density at radius 2 is 1.79 bits per heavy atom. The molecule has 0 saturated heterocycles. The molecule has 0 radical (unpaired) electrons. The molecular weight excluding hydrogens is 507 g/mol. The molecule has 39 heavy (non-hydrogen) atoms. The number of nitrogens with zero attached hydrogens (tertiary/aromatic N) is 4. The lowest BCUT2D eigenvalue weighted by atomic mass is 9.98. The second kappa shape index (κ2) is 18.2. The number of hydrogen-bond donors (Lipinski definition) is 2. The predicted molar refractivity (Wildman–Crippen MR) is 155 cm³/mol. The van der Waals surface area contributed by atoms with Gasteiger partial charge in [0.25, 0.3) is 0 Å². The molecule has 1 amide bonds. The molecule has 0 aromatic heterocycles. The summed E-state index contributed by atoms with van der Waals surface area (Å²) in [5, 5.41) is 13.1. The highest BCUT2D eigenvalue weighted by Crippen LogP contribution is 2.35. The van der Waals surface area contributed by atoms with Crippen LogP contribution >= 0.6 is 0 Å². The van der Waals surface area contributed by atoms with Gasteiger partial charge in [0.1, 0.15) is 11.6 Å². The van der Waals surface area contributed by atoms with Crippen molar-refractivity contribution in [3.05, 3.63) is 66.7 Å². The third-order valence-corrected chi connectivity index (χ3v) is 5.57. The van der Waals surface area contributed by atoms with E-state index in [2.05, 4.69) is 37.0 Å². The number of amides is 1. The van der Waals surface area contributed by atoms with E-state index in [0.29, 0.717) is 29.2 Å². The van der Waals surface area contributed by atoms with E-state index >= 15 is 0 Å². The summed E-state index contributed by atoms with van der Waals surface area (Å²) in [4.78, 5) is 21.8. The van der Waals surface area contributed by atoms with Crippen LogP contribution in [0.25, 0.3) is 0 Å². The number of phenols is 1. The molecule has 1 heterocycles. The number of halogens is 3. The molecule has 0 bridgehead atoms. The third kappa shape index (κ3) is 12.5. The summed E-state index contributed by atoms with van der Waals surface area (Å²) >= 11 is 0. The van der Waals surface area contributed by atoms with Gasteiger partial charge in [0.15, 0.2) is 0 Å². The first-order chi connectivity index (χ1) is 18.3. The molecule has 1 aliphatic rings. The normalized spacial score (nSPS) is 12.8. The number of allylic oxidation sites excluding steroid dienone is 1. The van der Waals surface area contributed by atoms with Crippen molar-refractivity contribution in [1.29, 1.82) is 0 Å². The maximum absolute atomic E-state index is 12.7. The largest absolute Gasteiger partial charge is 0.507 e. The first kappa shape index (κ1) is 35.9. The summed E-state index contributed by atoms with van der Waals surface area (Å²) < 4.78 is 38.2. The highest BCUT2D eigenvalue weighted by Gasteiger charge is 2.32. The SMILES string of the molecule is C=C.C=C1N=C(c2c(C)cc(C(F)(F)F)cc2O)C=CN1CCC.CCCCN(CCNC)C(=O)CN(C)C. The minimum absolute atomic E-state index is 0.226. The van der Waals surface area contributed by atoms with E-state index in [1.807, 2.05) is 42.8 Å². The van der Waals surface area contributed by atoms with Crippen molar-refractivity contribution in [1.82, 2.24) is 20.0 Å². The number of alkyl halides is 3. The molecule has 0 unspecified atom stereocenters. The van der Waals surface area contributed by atoms with Gasteiger partial charge in [-0.05, 0) is 64.7 Å². The Balaban J connectivity index is 0.000000746. The molecular formula is C29H46F3N5O2. The number of nitrogens with one attached hydrogen (secondary N) is 1. The standard InChI is InChI=1S/C16H17F3N2O.C11H25N3O.C2H4/c1-4-6-21-7-5-13(20-11(21)3)15-10(2)8-12(9-14(15)22)16(17,18)19;1-5-6-8-14(9-7-12-2)11(15)10-13(3)4;1-2/h5,7-9,22H,3-4,6H2,1-2H3;12H,5-10H2,1-4H3;1-2H2. The summed E-state index contributed by atoms with van der Waals surface area (Å²) in [7, 11) is 5.76. The first-order valence-electron chi connectivity index (χ1n) is 13.1. The van der Waals surface area contributed by atoms with E-state index in [1.165, 1.54) is 6.92 Å². The van der Waals surface area contributed by atoms with Gasteiger partial charge in [0, 0.05) is 37.9 Å². The summed E-state index contributed by atoms with van der Waals surface area (Å²) in [5.74, 6) is 0.286. The molecule has 1 aliphatic heterocycles. The number of carbonyl (C=O) groups excluding carboxylic acids is 1. The monoisotopic (exact) mass is 553 g/mol. The zero-order valence-corrected chi connectivity index (χ0v) is 24.4. The number of hydrogen-bond acceptors (Lipinski definition) is 6. The molecule has 220 valence electrons. The van der Waals surface area contributed by atoms with Crippen molar-refractivity contribution < 1.29 is 23.1 Å². The van der Waals surface area contributed by atoms with Crippen molar-refractivity contribution in [2.24, 2.45) is 4.99 Å². The van der Waals surface area contributed by atoms with Gasteiger partial charge in [-0.2, -0.15) is 13.2 Å². The highest BCUT2D eigenvalue weighted by molar-refractivity contribution is 6.12. The van der Waals surface area contributed by atoms with Crippen LogP contribution < -0.4 is 5.32 Å². The molecule has 0 aliphatic carbocycles. The van der Waals surface area contributed by atoms with E-state index in [-0.39, 0.29) is 5.91 Å². The topological polar surface area (TPSA) is 71.4 Å². The molecule has 2 N–H and O–H groups in total. The van der Waals surface area contributed by atoms with Crippen LogP contribution in [0.2, 0.25) is 0 Å². The second-order valence-corrected chi connectivity index (χ2v) is 9.18. The van der Waals surface area contributed by atoms with Gasteiger partial charge in [0.2, 0.25) is 5.91 Å². The summed E-state index contributed by atoms with van der Waals surface area (Å²) in [6.07, 6.45) is 2.07. The number of unbranched alkanes of at least 4 members (excludes halogenated alkanes) is 1. The van der Waals surface area contributed by atoms with E-state index in [9.17, 15) is 23.1 Å². The molecule has 7 nitrogen and oxygen atoms in total. The molecule has 0 saturated carbocycles. The maximum atomic E-state index is 12.7. The van der Waals surface area contributed by atoms with Crippen molar-refractivity contribution in [2.75, 3.05) is 53.9 Å². The van der Waals surface area contributed by atoms with Crippen LogP contribution in [0.4, 0.5) is 13.2 Å². The van der Waals surface area contributed by atoms with Gasteiger partial charge in [-0.15, -0.1) is 13.2 Å². The van der Waals surface area contributed by atoms with Gasteiger partial charge in [0.05, 0.1) is 17.8 Å². The number of phenolic OH excluding ortho intramolecular Hbond substituents is 1. The molecule has 1 aromatic rings. The maximum Gasteiger partial charge on any atom is 0.416 e. The first-order valence-corrected chi connectivity index (χ1v) is 13.1.